The summed E-state index contributed by atoms with van der Waals surface area (Å²) < 4.78 is 4.78. The molecule has 0 saturated carbocycles. The monoisotopic (exact) mass is 241 g/mol. The van der Waals surface area contributed by atoms with E-state index >= 15 is 0 Å². The number of likely N-dealkylation sites (tertiary alicyclic amines) is 1. The summed E-state index contributed by atoms with van der Waals surface area (Å²) in [7, 11) is 1.38. The summed E-state index contributed by atoms with van der Waals surface area (Å²) in [4.78, 5) is 25.6. The molecule has 4 heteroatoms. The Labute approximate surface area is 103 Å². The van der Waals surface area contributed by atoms with E-state index in [0.29, 0.717) is 6.54 Å². The Hall–Kier alpha value is -1.06. The normalized spacial score (nSPS) is 22.1. The largest absolute Gasteiger partial charge is 0.467 e. The van der Waals surface area contributed by atoms with E-state index in [1.807, 2.05) is 6.92 Å². The highest BCUT2D eigenvalue weighted by Crippen LogP contribution is 2.21. The van der Waals surface area contributed by atoms with Gasteiger partial charge in [0.1, 0.15) is 6.04 Å². The van der Waals surface area contributed by atoms with Crippen molar-refractivity contribution in [3.05, 3.63) is 0 Å². The van der Waals surface area contributed by atoms with E-state index in [1.165, 1.54) is 7.11 Å². The molecule has 0 aliphatic carbocycles. The summed E-state index contributed by atoms with van der Waals surface area (Å²) in [5, 5.41) is 0. The molecular weight excluding hydrogens is 218 g/mol. The fraction of sp³-hybridized carbons (Fsp3) is 0.846. The van der Waals surface area contributed by atoms with Gasteiger partial charge in [-0.2, -0.15) is 0 Å². The van der Waals surface area contributed by atoms with Crippen LogP contribution in [0.4, 0.5) is 0 Å². The number of nitrogens with zero attached hydrogens (tertiary/aromatic N) is 1. The molecule has 98 valence electrons. The zero-order valence-corrected chi connectivity index (χ0v) is 11.1. The van der Waals surface area contributed by atoms with E-state index in [-0.39, 0.29) is 23.8 Å². The van der Waals surface area contributed by atoms with E-state index < -0.39 is 0 Å². The molecule has 1 saturated heterocycles. The van der Waals surface area contributed by atoms with Gasteiger partial charge in [-0.15, -0.1) is 0 Å². The topological polar surface area (TPSA) is 46.6 Å². The second-order valence-electron chi connectivity index (χ2n) is 4.76. The van der Waals surface area contributed by atoms with Gasteiger partial charge in [0.2, 0.25) is 5.91 Å². The molecule has 0 aromatic carbocycles. The van der Waals surface area contributed by atoms with Crippen LogP contribution in [0, 0.1) is 5.92 Å². The highest BCUT2D eigenvalue weighted by Gasteiger charge is 2.34. The summed E-state index contributed by atoms with van der Waals surface area (Å²) in [5.74, 6) is -0.172. The highest BCUT2D eigenvalue weighted by atomic mass is 16.5. The number of carbonyl (C=O) groups is 2. The lowest BCUT2D eigenvalue weighted by molar-refractivity contribution is -0.156. The van der Waals surface area contributed by atoms with Gasteiger partial charge in [-0.05, 0) is 25.7 Å². The van der Waals surface area contributed by atoms with Crippen molar-refractivity contribution in [3.8, 4) is 0 Å². The number of esters is 1. The Kier molecular flexibility index (Phi) is 5.45. The molecule has 17 heavy (non-hydrogen) atoms. The van der Waals surface area contributed by atoms with Crippen molar-refractivity contribution in [2.24, 2.45) is 5.92 Å². The lowest BCUT2D eigenvalue weighted by atomic mass is 9.98. The predicted molar refractivity (Wildman–Crippen MR) is 65.4 cm³/mol. The van der Waals surface area contributed by atoms with Crippen LogP contribution >= 0.6 is 0 Å². The standard InChI is InChI=1S/C13H23NO3/c1-4-7-10(2)12(15)14-9-6-5-8-11(14)13(16)17-3/h10-11H,4-9H2,1-3H3/t10?,11-/m1/s1. The van der Waals surface area contributed by atoms with Crippen LogP contribution in [0.25, 0.3) is 0 Å². The van der Waals surface area contributed by atoms with Crippen molar-refractivity contribution in [1.82, 2.24) is 4.90 Å². The molecule has 0 spiro atoms. The van der Waals surface area contributed by atoms with Gasteiger partial charge in [0.25, 0.3) is 0 Å². The van der Waals surface area contributed by atoms with E-state index in [2.05, 4.69) is 6.92 Å². The molecule has 1 unspecified atom stereocenters. The van der Waals surface area contributed by atoms with Crippen molar-refractivity contribution in [1.29, 1.82) is 0 Å². The summed E-state index contributed by atoms with van der Waals surface area (Å²) >= 11 is 0. The number of methoxy groups -OCH3 is 1. The van der Waals surface area contributed by atoms with Gasteiger partial charge in [0, 0.05) is 12.5 Å². The van der Waals surface area contributed by atoms with Gasteiger partial charge in [0.05, 0.1) is 7.11 Å². The first-order chi connectivity index (χ1) is 8.11. The number of hydrogen-bond donors (Lipinski definition) is 0. The molecule has 1 rings (SSSR count). The first kappa shape index (κ1) is 14.0. The smallest absolute Gasteiger partial charge is 0.328 e. The van der Waals surface area contributed by atoms with Gasteiger partial charge in [-0.25, -0.2) is 4.79 Å². The van der Waals surface area contributed by atoms with Gasteiger partial charge in [0.15, 0.2) is 0 Å². The van der Waals surface area contributed by atoms with Crippen LogP contribution in [0.1, 0.15) is 46.0 Å². The lowest BCUT2D eigenvalue weighted by Crippen LogP contribution is -2.50. The van der Waals surface area contributed by atoms with Crippen LogP contribution in [-0.2, 0) is 14.3 Å². The lowest BCUT2D eigenvalue weighted by Gasteiger charge is -2.35. The van der Waals surface area contributed by atoms with Crippen LogP contribution in [0.2, 0.25) is 0 Å². The van der Waals surface area contributed by atoms with Crippen molar-refractivity contribution >= 4 is 11.9 Å². The van der Waals surface area contributed by atoms with Crippen molar-refractivity contribution in [2.45, 2.75) is 52.0 Å². The summed E-state index contributed by atoms with van der Waals surface area (Å²) in [6, 6.07) is -0.361. The number of piperidine rings is 1. The Morgan fingerprint density at radius 3 is 2.71 bits per heavy atom. The van der Waals surface area contributed by atoms with E-state index in [9.17, 15) is 9.59 Å². The Morgan fingerprint density at radius 2 is 2.12 bits per heavy atom. The molecule has 1 fully saturated rings. The molecule has 1 amide bonds. The maximum Gasteiger partial charge on any atom is 0.328 e. The van der Waals surface area contributed by atoms with Crippen molar-refractivity contribution < 1.29 is 14.3 Å². The number of amides is 1. The fourth-order valence-corrected chi connectivity index (χ4v) is 2.42. The van der Waals surface area contributed by atoms with E-state index in [1.54, 1.807) is 4.90 Å². The van der Waals surface area contributed by atoms with Crippen molar-refractivity contribution in [3.63, 3.8) is 0 Å². The molecule has 0 N–H and O–H groups in total. The average Bonchev–Trinajstić information content (AvgIpc) is 2.37. The quantitative estimate of drug-likeness (QED) is 0.707. The summed E-state index contributed by atoms with van der Waals surface area (Å²) in [6.07, 6.45) is 4.58. The molecule has 0 bridgehead atoms. The molecular formula is C13H23NO3. The minimum Gasteiger partial charge on any atom is -0.467 e. The Morgan fingerprint density at radius 1 is 1.41 bits per heavy atom. The maximum atomic E-state index is 12.2. The third kappa shape index (κ3) is 3.45. The van der Waals surface area contributed by atoms with Crippen LogP contribution in [0.5, 0.6) is 0 Å². The first-order valence-corrected chi connectivity index (χ1v) is 6.50. The molecule has 1 heterocycles. The maximum absolute atomic E-state index is 12.2. The second-order valence-corrected chi connectivity index (χ2v) is 4.76. The van der Waals surface area contributed by atoms with Crippen LogP contribution in [0.3, 0.4) is 0 Å². The first-order valence-electron chi connectivity index (χ1n) is 6.50. The predicted octanol–water partition coefficient (Wildman–Crippen LogP) is 1.98. The van der Waals surface area contributed by atoms with Crippen molar-refractivity contribution in [2.75, 3.05) is 13.7 Å². The average molecular weight is 241 g/mol. The third-order valence-electron chi connectivity index (χ3n) is 3.40. The summed E-state index contributed by atoms with van der Waals surface area (Å²) in [6.45, 7) is 4.69. The molecule has 4 nitrogen and oxygen atoms in total. The number of hydrogen-bond acceptors (Lipinski definition) is 3. The molecule has 2 atom stereocenters. The third-order valence-corrected chi connectivity index (χ3v) is 3.40. The minimum atomic E-state index is -0.361. The summed E-state index contributed by atoms with van der Waals surface area (Å²) in [5.41, 5.74) is 0. The van der Waals surface area contributed by atoms with Crippen LogP contribution < -0.4 is 0 Å². The van der Waals surface area contributed by atoms with Gasteiger partial charge in [-0.3, -0.25) is 4.79 Å². The molecule has 1 aliphatic rings. The zero-order chi connectivity index (χ0) is 12.8. The van der Waals surface area contributed by atoms with Gasteiger partial charge < -0.3 is 9.64 Å². The van der Waals surface area contributed by atoms with Crippen LogP contribution in [-0.4, -0.2) is 36.5 Å². The number of rotatable bonds is 4. The molecule has 1 aliphatic heterocycles. The number of ether oxygens (including phenoxy) is 1. The molecule has 0 aromatic rings. The van der Waals surface area contributed by atoms with Gasteiger partial charge >= 0.3 is 5.97 Å². The van der Waals surface area contributed by atoms with E-state index in [4.69, 9.17) is 4.74 Å². The second kappa shape index (κ2) is 6.62. The fourth-order valence-electron chi connectivity index (χ4n) is 2.42. The SMILES string of the molecule is CCCC(C)C(=O)N1CCCC[C@@H]1C(=O)OC. The van der Waals surface area contributed by atoms with Gasteiger partial charge in [-0.1, -0.05) is 20.3 Å². The van der Waals surface area contributed by atoms with E-state index in [0.717, 1.165) is 32.1 Å². The Balaban J connectivity index is 2.70. The minimum absolute atomic E-state index is 0.00487. The number of carbonyl (C=O) groups excluding carboxylic acids is 2. The Bertz CT molecular complexity index is 278. The molecule has 0 aromatic heterocycles. The zero-order valence-electron chi connectivity index (χ0n) is 11.1. The van der Waals surface area contributed by atoms with Crippen LogP contribution in [0.15, 0.2) is 0 Å². The highest BCUT2D eigenvalue weighted by molar-refractivity contribution is 5.85. The molecule has 0 radical (unpaired) electrons.